The predicted octanol–water partition coefficient (Wildman–Crippen LogP) is 1.58. The molecule has 0 radical (unpaired) electrons. The molecular weight excluding hydrogens is 230 g/mol. The summed E-state index contributed by atoms with van der Waals surface area (Å²) in [4.78, 5) is 0. The van der Waals surface area contributed by atoms with Crippen LogP contribution < -0.4 is 14.8 Å². The molecule has 0 bridgehead atoms. The van der Waals surface area contributed by atoms with Crippen LogP contribution in [0.2, 0.25) is 0 Å². The number of nitrogens with one attached hydrogen (secondary N) is 1. The molecule has 4 nitrogen and oxygen atoms in total. The highest BCUT2D eigenvalue weighted by atomic mass is 16.5. The minimum absolute atomic E-state index is 0.102. The Morgan fingerprint density at radius 3 is 2.17 bits per heavy atom. The van der Waals surface area contributed by atoms with Crippen LogP contribution in [0.4, 0.5) is 0 Å². The van der Waals surface area contributed by atoms with Gasteiger partial charge in [0.05, 0.1) is 27.4 Å². The predicted molar refractivity (Wildman–Crippen MR) is 70.6 cm³/mol. The van der Waals surface area contributed by atoms with Crippen LogP contribution in [0.15, 0.2) is 18.2 Å². The first-order chi connectivity index (χ1) is 8.74. The Hall–Kier alpha value is -1.26. The van der Waals surface area contributed by atoms with E-state index >= 15 is 0 Å². The zero-order valence-corrected chi connectivity index (χ0v) is 11.3. The topological polar surface area (TPSA) is 39.7 Å². The van der Waals surface area contributed by atoms with Crippen LogP contribution in [0.25, 0.3) is 0 Å². The van der Waals surface area contributed by atoms with Gasteiger partial charge in [0.15, 0.2) is 0 Å². The molecule has 1 heterocycles. The maximum atomic E-state index is 5.43. The number of ether oxygens (including phenoxy) is 3. The van der Waals surface area contributed by atoms with Gasteiger partial charge in [-0.2, -0.15) is 0 Å². The highest BCUT2D eigenvalue weighted by Gasteiger charge is 2.40. The fourth-order valence-electron chi connectivity index (χ4n) is 2.28. The van der Waals surface area contributed by atoms with Crippen LogP contribution >= 0.6 is 0 Å². The number of hydrogen-bond donors (Lipinski definition) is 1. The average molecular weight is 251 g/mol. The minimum atomic E-state index is 0.102. The third kappa shape index (κ3) is 2.44. The first kappa shape index (κ1) is 13.2. The Morgan fingerprint density at radius 2 is 1.78 bits per heavy atom. The summed E-state index contributed by atoms with van der Waals surface area (Å²) in [6.45, 7) is 2.51. The molecule has 0 amide bonds. The Labute approximate surface area is 108 Å². The molecule has 0 unspecified atom stereocenters. The van der Waals surface area contributed by atoms with Gasteiger partial charge in [-0.3, -0.25) is 0 Å². The van der Waals surface area contributed by atoms with Crippen molar-refractivity contribution in [3.05, 3.63) is 23.8 Å². The fraction of sp³-hybridized carbons (Fsp3) is 0.571. The molecule has 1 saturated heterocycles. The van der Waals surface area contributed by atoms with Crippen molar-refractivity contribution in [2.45, 2.75) is 11.8 Å². The maximum absolute atomic E-state index is 5.43. The van der Waals surface area contributed by atoms with Crippen molar-refractivity contribution in [2.75, 3.05) is 41.0 Å². The average Bonchev–Trinajstić information content (AvgIpc) is 2.37. The van der Waals surface area contributed by atoms with E-state index in [2.05, 4.69) is 17.4 Å². The molecule has 0 spiro atoms. The van der Waals surface area contributed by atoms with E-state index in [0.29, 0.717) is 0 Å². The van der Waals surface area contributed by atoms with E-state index in [9.17, 15) is 0 Å². The zero-order valence-electron chi connectivity index (χ0n) is 11.3. The third-order valence-electron chi connectivity index (χ3n) is 3.57. The van der Waals surface area contributed by atoms with Crippen LogP contribution in [0.5, 0.6) is 11.5 Å². The Kier molecular flexibility index (Phi) is 4.09. The van der Waals surface area contributed by atoms with Crippen molar-refractivity contribution in [1.29, 1.82) is 0 Å². The fourth-order valence-corrected chi connectivity index (χ4v) is 2.28. The molecule has 0 aromatic heterocycles. The molecular formula is C14H21NO3. The normalized spacial score (nSPS) is 17.1. The van der Waals surface area contributed by atoms with E-state index in [1.165, 1.54) is 5.56 Å². The van der Waals surface area contributed by atoms with E-state index < -0.39 is 0 Å². The Morgan fingerprint density at radius 1 is 1.17 bits per heavy atom. The molecule has 0 aliphatic carbocycles. The first-order valence-corrected chi connectivity index (χ1v) is 6.20. The van der Waals surface area contributed by atoms with Crippen molar-refractivity contribution in [3.8, 4) is 11.5 Å². The minimum Gasteiger partial charge on any atom is -0.497 e. The highest BCUT2D eigenvalue weighted by molar-refractivity contribution is 5.43. The Balaban J connectivity index is 2.29. The summed E-state index contributed by atoms with van der Waals surface area (Å²) in [6.07, 6.45) is 1.06. The van der Waals surface area contributed by atoms with Gasteiger partial charge in [0.1, 0.15) is 11.5 Å². The van der Waals surface area contributed by atoms with Gasteiger partial charge in [0, 0.05) is 11.5 Å². The largest absolute Gasteiger partial charge is 0.497 e. The van der Waals surface area contributed by atoms with E-state index in [4.69, 9.17) is 14.2 Å². The molecule has 1 aliphatic rings. The molecule has 0 atom stereocenters. The number of hydrogen-bond acceptors (Lipinski definition) is 4. The van der Waals surface area contributed by atoms with E-state index in [-0.39, 0.29) is 5.41 Å². The first-order valence-electron chi connectivity index (χ1n) is 6.20. The van der Waals surface area contributed by atoms with Crippen LogP contribution in [0.1, 0.15) is 12.0 Å². The number of rotatable bonds is 6. The van der Waals surface area contributed by atoms with Gasteiger partial charge in [-0.15, -0.1) is 0 Å². The Bertz CT molecular complexity index is 380. The van der Waals surface area contributed by atoms with Gasteiger partial charge in [-0.05, 0) is 37.7 Å². The van der Waals surface area contributed by atoms with Crippen molar-refractivity contribution in [3.63, 3.8) is 0 Å². The van der Waals surface area contributed by atoms with Crippen LogP contribution in [0.3, 0.4) is 0 Å². The highest BCUT2D eigenvalue weighted by Crippen LogP contribution is 2.39. The lowest BCUT2D eigenvalue weighted by Gasteiger charge is -2.42. The van der Waals surface area contributed by atoms with Crippen LogP contribution in [0, 0.1) is 0 Å². The van der Waals surface area contributed by atoms with Gasteiger partial charge < -0.3 is 19.5 Å². The second-order valence-corrected chi connectivity index (χ2v) is 4.73. The summed E-state index contributed by atoms with van der Waals surface area (Å²) in [6, 6.07) is 6.07. The van der Waals surface area contributed by atoms with Gasteiger partial charge in [-0.1, -0.05) is 0 Å². The van der Waals surface area contributed by atoms with Crippen molar-refractivity contribution >= 4 is 0 Å². The standard InChI is InChI=1S/C14H21NO3/c1-15-5-4-14(9-18-10-14)11-6-12(16-2)8-13(7-11)17-3/h6-8,15H,4-5,9-10H2,1-3H3. The molecule has 100 valence electrons. The van der Waals surface area contributed by atoms with Crippen LogP contribution in [-0.4, -0.2) is 41.0 Å². The molecule has 18 heavy (non-hydrogen) atoms. The molecule has 1 aliphatic heterocycles. The van der Waals surface area contributed by atoms with Crippen LogP contribution in [-0.2, 0) is 10.2 Å². The monoisotopic (exact) mass is 251 g/mol. The summed E-state index contributed by atoms with van der Waals surface area (Å²) in [5.74, 6) is 1.67. The van der Waals surface area contributed by atoms with Crippen molar-refractivity contribution in [1.82, 2.24) is 5.32 Å². The van der Waals surface area contributed by atoms with E-state index in [1.807, 2.05) is 13.1 Å². The molecule has 1 fully saturated rings. The third-order valence-corrected chi connectivity index (χ3v) is 3.57. The van der Waals surface area contributed by atoms with Crippen molar-refractivity contribution in [2.24, 2.45) is 0 Å². The molecule has 1 N–H and O–H groups in total. The summed E-state index contributed by atoms with van der Waals surface area (Å²) < 4.78 is 16.1. The smallest absolute Gasteiger partial charge is 0.122 e. The summed E-state index contributed by atoms with van der Waals surface area (Å²) in [5, 5.41) is 3.20. The van der Waals surface area contributed by atoms with Crippen molar-refractivity contribution < 1.29 is 14.2 Å². The zero-order chi connectivity index (χ0) is 13.0. The molecule has 4 heteroatoms. The lowest BCUT2D eigenvalue weighted by Crippen LogP contribution is -2.48. The molecule has 1 aromatic rings. The quantitative estimate of drug-likeness (QED) is 0.833. The van der Waals surface area contributed by atoms with E-state index in [1.54, 1.807) is 14.2 Å². The van der Waals surface area contributed by atoms with Gasteiger partial charge >= 0.3 is 0 Å². The maximum Gasteiger partial charge on any atom is 0.122 e. The second-order valence-electron chi connectivity index (χ2n) is 4.73. The van der Waals surface area contributed by atoms with Gasteiger partial charge in [0.25, 0.3) is 0 Å². The lowest BCUT2D eigenvalue weighted by atomic mass is 9.75. The number of benzene rings is 1. The number of methoxy groups -OCH3 is 2. The SMILES string of the molecule is CNCCC1(c2cc(OC)cc(OC)c2)COC1. The molecule has 0 saturated carbocycles. The molecule has 1 aromatic carbocycles. The molecule has 2 rings (SSSR count). The van der Waals surface area contributed by atoms with Gasteiger partial charge in [0.2, 0.25) is 0 Å². The van der Waals surface area contributed by atoms with Gasteiger partial charge in [-0.25, -0.2) is 0 Å². The second kappa shape index (κ2) is 5.59. The summed E-state index contributed by atoms with van der Waals surface area (Å²) >= 11 is 0. The summed E-state index contributed by atoms with van der Waals surface area (Å²) in [5.41, 5.74) is 1.34. The lowest BCUT2D eigenvalue weighted by molar-refractivity contribution is -0.0639. The summed E-state index contributed by atoms with van der Waals surface area (Å²) in [7, 11) is 5.32. The van der Waals surface area contributed by atoms with E-state index in [0.717, 1.165) is 37.7 Å².